The van der Waals surface area contributed by atoms with Crippen LogP contribution in [0.3, 0.4) is 0 Å². The van der Waals surface area contributed by atoms with Crippen molar-refractivity contribution in [2.75, 3.05) is 33.7 Å². The summed E-state index contributed by atoms with van der Waals surface area (Å²) in [6, 6.07) is 3.52. The third kappa shape index (κ3) is 3.39. The Hall–Kier alpha value is -1.51. The van der Waals surface area contributed by atoms with Gasteiger partial charge >= 0.3 is 0 Å². The molecule has 0 N–H and O–H groups in total. The zero-order chi connectivity index (χ0) is 19.2. The molecule has 0 radical (unpaired) electrons. The fourth-order valence-corrected chi connectivity index (χ4v) is 6.70. The number of amides is 1. The first kappa shape index (κ1) is 18.8. The minimum atomic E-state index is -3.55. The van der Waals surface area contributed by atoms with Gasteiger partial charge in [-0.05, 0) is 57.3 Å². The molecule has 0 aliphatic carbocycles. The van der Waals surface area contributed by atoms with E-state index in [1.165, 1.54) is 6.20 Å². The van der Waals surface area contributed by atoms with E-state index in [0.717, 1.165) is 25.8 Å². The molecule has 1 aromatic heterocycles. The molecular weight excluding hydrogens is 364 g/mol. The quantitative estimate of drug-likeness (QED) is 0.765. The number of sulfonamides is 1. The van der Waals surface area contributed by atoms with Crippen LogP contribution in [0.4, 0.5) is 0 Å². The number of carbonyl (C=O) groups excluding carboxylic acids is 1. The van der Waals surface area contributed by atoms with Crippen LogP contribution in [0.5, 0.6) is 0 Å². The number of likely N-dealkylation sites (N-methyl/N-ethyl adjacent to an activating group) is 1. The summed E-state index contributed by atoms with van der Waals surface area (Å²) in [5.74, 6) is 0.644. The molecule has 27 heavy (non-hydrogen) atoms. The number of pyridine rings is 1. The molecule has 0 saturated carbocycles. The molecule has 3 saturated heterocycles. The number of nitrogens with zero attached hydrogens (tertiary/aromatic N) is 4. The highest BCUT2D eigenvalue weighted by Gasteiger charge is 2.51. The Kier molecular flexibility index (Phi) is 4.98. The maximum atomic E-state index is 13.2. The van der Waals surface area contributed by atoms with Crippen LogP contribution >= 0.6 is 0 Å². The number of fused-ring (bicyclic) bond motifs is 4. The largest absolute Gasteiger partial charge is 0.335 e. The van der Waals surface area contributed by atoms with E-state index in [2.05, 4.69) is 14.8 Å². The van der Waals surface area contributed by atoms with Gasteiger partial charge in [0.15, 0.2) is 0 Å². The zero-order valence-electron chi connectivity index (χ0n) is 16.0. The van der Waals surface area contributed by atoms with Crippen molar-refractivity contribution in [3.05, 3.63) is 24.5 Å². The first-order valence-electron chi connectivity index (χ1n) is 9.74. The molecule has 3 aliphatic rings. The Morgan fingerprint density at radius 1 is 1.26 bits per heavy atom. The molecule has 1 amide bonds. The molecule has 2 bridgehead atoms. The Morgan fingerprint density at radius 2 is 2.04 bits per heavy atom. The molecule has 148 valence electrons. The highest BCUT2D eigenvalue weighted by molar-refractivity contribution is 7.89. The van der Waals surface area contributed by atoms with Crippen LogP contribution in [-0.4, -0.2) is 79.2 Å². The Balaban J connectivity index is 1.66. The van der Waals surface area contributed by atoms with Gasteiger partial charge in [-0.3, -0.25) is 9.78 Å². The molecule has 8 heteroatoms. The molecule has 0 unspecified atom stereocenters. The summed E-state index contributed by atoms with van der Waals surface area (Å²) in [5.41, 5.74) is 0. The number of hydrogen-bond acceptors (Lipinski definition) is 5. The fraction of sp³-hybridized carbons (Fsp3) is 0.684. The van der Waals surface area contributed by atoms with E-state index in [4.69, 9.17) is 0 Å². The number of piperidine rings is 3. The number of carbonyl (C=O) groups is 1. The first-order chi connectivity index (χ1) is 12.9. The second-order valence-electron chi connectivity index (χ2n) is 8.36. The second kappa shape index (κ2) is 7.14. The minimum Gasteiger partial charge on any atom is -0.335 e. The van der Waals surface area contributed by atoms with Crippen molar-refractivity contribution in [1.82, 2.24) is 19.1 Å². The highest BCUT2D eigenvalue weighted by atomic mass is 32.2. The first-order valence-corrected chi connectivity index (χ1v) is 11.2. The summed E-state index contributed by atoms with van der Waals surface area (Å²) in [5, 5.41) is 0. The van der Waals surface area contributed by atoms with Crippen LogP contribution in [0.1, 0.15) is 25.7 Å². The van der Waals surface area contributed by atoms with Crippen molar-refractivity contribution < 1.29 is 13.2 Å². The summed E-state index contributed by atoms with van der Waals surface area (Å²) in [6.07, 6.45) is 6.53. The van der Waals surface area contributed by atoms with Crippen LogP contribution in [0, 0.1) is 11.8 Å². The van der Waals surface area contributed by atoms with Crippen molar-refractivity contribution in [1.29, 1.82) is 0 Å². The van der Waals surface area contributed by atoms with Crippen LogP contribution in [0.2, 0.25) is 0 Å². The lowest BCUT2D eigenvalue weighted by molar-refractivity contribution is -0.151. The van der Waals surface area contributed by atoms with Crippen molar-refractivity contribution in [2.45, 2.75) is 42.7 Å². The fourth-order valence-electron chi connectivity index (χ4n) is 5.19. The van der Waals surface area contributed by atoms with Gasteiger partial charge in [0.05, 0.1) is 0 Å². The van der Waals surface area contributed by atoms with Gasteiger partial charge in [0, 0.05) is 50.5 Å². The predicted molar refractivity (Wildman–Crippen MR) is 101 cm³/mol. The van der Waals surface area contributed by atoms with Gasteiger partial charge < -0.3 is 9.80 Å². The topological polar surface area (TPSA) is 73.8 Å². The van der Waals surface area contributed by atoms with Crippen molar-refractivity contribution in [2.24, 2.45) is 11.8 Å². The van der Waals surface area contributed by atoms with Crippen LogP contribution in [0.25, 0.3) is 0 Å². The third-order valence-electron chi connectivity index (χ3n) is 6.29. The molecule has 1 aromatic rings. The Morgan fingerprint density at radius 3 is 2.74 bits per heavy atom. The van der Waals surface area contributed by atoms with Gasteiger partial charge in [-0.15, -0.1) is 0 Å². The molecule has 0 aromatic carbocycles. The van der Waals surface area contributed by atoms with E-state index >= 15 is 0 Å². The van der Waals surface area contributed by atoms with E-state index in [1.807, 2.05) is 14.1 Å². The number of hydrogen-bond donors (Lipinski definition) is 0. The second-order valence-corrected chi connectivity index (χ2v) is 10.3. The highest BCUT2D eigenvalue weighted by Crippen LogP contribution is 2.42. The Labute approximate surface area is 161 Å². The number of aromatic nitrogens is 1. The van der Waals surface area contributed by atoms with Crippen LogP contribution < -0.4 is 0 Å². The monoisotopic (exact) mass is 392 g/mol. The molecule has 3 fully saturated rings. The van der Waals surface area contributed by atoms with Gasteiger partial charge in [-0.2, -0.15) is 4.31 Å². The minimum absolute atomic E-state index is 0.0842. The van der Waals surface area contributed by atoms with Gasteiger partial charge in [0.1, 0.15) is 4.90 Å². The summed E-state index contributed by atoms with van der Waals surface area (Å²) < 4.78 is 28.0. The molecule has 4 rings (SSSR count). The molecule has 0 spiro atoms. The summed E-state index contributed by atoms with van der Waals surface area (Å²) in [4.78, 5) is 21.2. The summed E-state index contributed by atoms with van der Waals surface area (Å²) in [7, 11) is 0.479. The Bertz CT molecular complexity index is 798. The lowest BCUT2D eigenvalue weighted by Gasteiger charge is -2.56. The van der Waals surface area contributed by atoms with E-state index in [9.17, 15) is 13.2 Å². The molecule has 4 atom stereocenters. The normalized spacial score (nSPS) is 31.8. The zero-order valence-corrected chi connectivity index (χ0v) is 16.8. The summed E-state index contributed by atoms with van der Waals surface area (Å²) >= 11 is 0. The molecule has 7 nitrogen and oxygen atoms in total. The average Bonchev–Trinajstić information content (AvgIpc) is 2.65. The average molecular weight is 393 g/mol. The van der Waals surface area contributed by atoms with E-state index in [-0.39, 0.29) is 34.7 Å². The molecule has 4 heterocycles. The predicted octanol–water partition coefficient (Wildman–Crippen LogP) is 1.03. The maximum absolute atomic E-state index is 13.2. The number of rotatable bonds is 4. The van der Waals surface area contributed by atoms with Crippen molar-refractivity contribution in [3.8, 4) is 0 Å². The van der Waals surface area contributed by atoms with Crippen LogP contribution in [0.15, 0.2) is 29.4 Å². The lowest BCUT2D eigenvalue weighted by atomic mass is 9.72. The molecule has 3 aliphatic heterocycles. The van der Waals surface area contributed by atoms with Gasteiger partial charge in [0.2, 0.25) is 15.9 Å². The van der Waals surface area contributed by atoms with E-state index in [0.29, 0.717) is 19.5 Å². The lowest BCUT2D eigenvalue weighted by Crippen LogP contribution is -2.67. The van der Waals surface area contributed by atoms with Gasteiger partial charge in [-0.1, -0.05) is 0 Å². The van der Waals surface area contributed by atoms with Crippen molar-refractivity contribution in [3.63, 3.8) is 0 Å². The smallest absolute Gasteiger partial charge is 0.244 e. The maximum Gasteiger partial charge on any atom is 0.244 e. The third-order valence-corrected chi connectivity index (χ3v) is 8.10. The summed E-state index contributed by atoms with van der Waals surface area (Å²) in [6.45, 7) is 1.75. The molecular formula is C19H28N4O3S. The van der Waals surface area contributed by atoms with E-state index in [1.54, 1.807) is 22.6 Å². The van der Waals surface area contributed by atoms with Gasteiger partial charge in [-0.25, -0.2) is 8.42 Å². The van der Waals surface area contributed by atoms with E-state index < -0.39 is 10.0 Å². The standard InChI is InChI=1S/C19H28N4O3S/c1-21(2)13-18-15-9-14(17-6-3-7-19(24)23(17)18)11-22(12-15)27(25,26)16-5-4-8-20-10-16/h4-5,8,10,14-15,17-18H,3,6-7,9,11-13H2,1-2H3/t14-,15+,17+,18+/m1/s1. The van der Waals surface area contributed by atoms with Crippen LogP contribution in [-0.2, 0) is 14.8 Å². The SMILES string of the molecule is CN(C)C[C@H]1[C@H]2C[C@H](CN(S(=O)(=O)c3cccnc3)C2)[C@@H]2CCCC(=O)N21. The van der Waals surface area contributed by atoms with Gasteiger partial charge in [0.25, 0.3) is 0 Å². The van der Waals surface area contributed by atoms with Crippen molar-refractivity contribution >= 4 is 15.9 Å².